The molecule has 1 N–H and O–H groups in total. The van der Waals surface area contributed by atoms with Crippen molar-refractivity contribution in [3.05, 3.63) is 164 Å². The largest absolute Gasteiger partial charge is 0.488 e. The number of rotatable bonds is 7. The molecule has 0 unspecified atom stereocenters. The number of carbonyl (C=O) groups is 3. The SMILES string of the molecule is O=C1NC(=O)N(c2cc3c4c(c2)[C@H](c2ccccc2)CCN4CC[C@@H]3c2ccccc2)C(=O)/C1=C/c1cc(Cl)ccc1OCc1cccc(Cl)c1. The number of hydrogen-bond acceptors (Lipinski definition) is 5. The second kappa shape index (κ2) is 13.7. The van der Waals surface area contributed by atoms with E-state index in [-0.39, 0.29) is 24.0 Å². The van der Waals surface area contributed by atoms with Crippen LogP contribution in [0.15, 0.2) is 121 Å². The van der Waals surface area contributed by atoms with Crippen molar-refractivity contribution < 1.29 is 19.1 Å². The third-order valence-corrected chi connectivity index (χ3v) is 10.4. The van der Waals surface area contributed by atoms with E-state index < -0.39 is 17.8 Å². The molecule has 7 nitrogen and oxygen atoms in total. The van der Waals surface area contributed by atoms with Gasteiger partial charge in [0.05, 0.1) is 5.69 Å². The summed E-state index contributed by atoms with van der Waals surface area (Å²) in [7, 11) is 0. The van der Waals surface area contributed by atoms with Gasteiger partial charge in [-0.3, -0.25) is 14.9 Å². The lowest BCUT2D eigenvalue weighted by Crippen LogP contribution is -2.54. The Morgan fingerprint density at radius 3 is 1.98 bits per heavy atom. The number of benzene rings is 5. The van der Waals surface area contributed by atoms with Gasteiger partial charge in [-0.05, 0) is 89.2 Å². The second-order valence-corrected chi connectivity index (χ2v) is 13.9. The molecule has 2 atom stereocenters. The van der Waals surface area contributed by atoms with E-state index in [1.54, 1.807) is 30.3 Å². The summed E-state index contributed by atoms with van der Waals surface area (Å²) >= 11 is 12.5. The highest BCUT2D eigenvalue weighted by atomic mass is 35.5. The molecular formula is C42H33Cl2N3O4. The zero-order valence-electron chi connectivity index (χ0n) is 27.5. The van der Waals surface area contributed by atoms with Gasteiger partial charge in [0.2, 0.25) is 0 Å². The van der Waals surface area contributed by atoms with Gasteiger partial charge in [-0.15, -0.1) is 0 Å². The Morgan fingerprint density at radius 1 is 0.725 bits per heavy atom. The zero-order valence-corrected chi connectivity index (χ0v) is 29.0. The molecule has 0 radical (unpaired) electrons. The molecule has 1 fully saturated rings. The number of halogens is 2. The fourth-order valence-electron chi connectivity index (χ4n) is 7.57. The van der Waals surface area contributed by atoms with Crippen LogP contribution in [0.4, 0.5) is 16.2 Å². The summed E-state index contributed by atoms with van der Waals surface area (Å²) in [6, 6.07) is 36.1. The molecule has 0 aliphatic carbocycles. The lowest BCUT2D eigenvalue weighted by Gasteiger charge is -2.44. The normalized spacial score (nSPS) is 19.2. The zero-order chi connectivity index (χ0) is 35.1. The number of urea groups is 1. The summed E-state index contributed by atoms with van der Waals surface area (Å²) in [5.74, 6) is -0.984. The Morgan fingerprint density at radius 2 is 1.35 bits per heavy atom. The average Bonchev–Trinajstić information content (AvgIpc) is 3.14. The van der Waals surface area contributed by atoms with E-state index in [9.17, 15) is 14.4 Å². The van der Waals surface area contributed by atoms with Gasteiger partial charge >= 0.3 is 6.03 Å². The molecule has 1 saturated heterocycles. The van der Waals surface area contributed by atoms with Crippen molar-refractivity contribution in [2.75, 3.05) is 22.9 Å². The van der Waals surface area contributed by atoms with E-state index in [1.165, 1.54) is 17.2 Å². The third-order valence-electron chi connectivity index (χ3n) is 9.91. The lowest BCUT2D eigenvalue weighted by atomic mass is 9.76. The van der Waals surface area contributed by atoms with Crippen LogP contribution in [-0.2, 0) is 16.2 Å². The summed E-state index contributed by atoms with van der Waals surface area (Å²) < 4.78 is 6.10. The van der Waals surface area contributed by atoms with Crippen LogP contribution in [0, 0.1) is 0 Å². The first-order chi connectivity index (χ1) is 24.8. The average molecular weight is 715 g/mol. The highest BCUT2D eigenvalue weighted by Gasteiger charge is 2.40. The van der Waals surface area contributed by atoms with Crippen LogP contribution in [-0.4, -0.2) is 30.9 Å². The van der Waals surface area contributed by atoms with E-state index in [2.05, 4.69) is 34.5 Å². The number of ether oxygens (including phenoxy) is 1. The van der Waals surface area contributed by atoms with E-state index in [4.69, 9.17) is 27.9 Å². The minimum Gasteiger partial charge on any atom is -0.488 e. The van der Waals surface area contributed by atoms with Crippen molar-refractivity contribution >= 4 is 58.5 Å². The van der Waals surface area contributed by atoms with Crippen LogP contribution in [0.3, 0.4) is 0 Å². The maximum atomic E-state index is 14.4. The van der Waals surface area contributed by atoms with E-state index >= 15 is 0 Å². The molecule has 3 aliphatic heterocycles. The van der Waals surface area contributed by atoms with E-state index in [0.29, 0.717) is 27.0 Å². The molecule has 0 aromatic heterocycles. The van der Waals surface area contributed by atoms with E-state index in [0.717, 1.165) is 53.2 Å². The van der Waals surface area contributed by atoms with Crippen LogP contribution in [0.1, 0.15) is 58.1 Å². The summed E-state index contributed by atoms with van der Waals surface area (Å²) in [5, 5.41) is 3.39. The van der Waals surface area contributed by atoms with Gasteiger partial charge in [-0.2, -0.15) is 0 Å². The minimum absolute atomic E-state index is 0.0657. The molecule has 5 aromatic carbocycles. The molecule has 0 bridgehead atoms. The standard InChI is InChI=1S/C42H33Cl2N3O4/c43-30-13-7-8-26(20-30)25-51-38-15-14-31(44)21-29(38)22-37-40(48)45-42(50)47(41(37)49)32-23-35-33(27-9-3-1-4-10-27)16-18-46-19-17-34(36(24-32)39(35)46)28-11-5-2-6-12-28/h1-15,20-24,33-34H,16-19,25H2,(H,45,48,50)/b37-22+/t33-,34+. The molecule has 51 heavy (non-hydrogen) atoms. The second-order valence-electron chi connectivity index (χ2n) is 13.0. The number of anilines is 2. The van der Waals surface area contributed by atoms with Crippen molar-refractivity contribution in [3.8, 4) is 5.75 Å². The number of amides is 4. The molecule has 9 heteroatoms. The van der Waals surface area contributed by atoms with Gasteiger partial charge in [0.15, 0.2) is 0 Å². The van der Waals surface area contributed by atoms with Gasteiger partial charge < -0.3 is 9.64 Å². The molecule has 3 heterocycles. The Hall–Kier alpha value is -5.37. The van der Waals surface area contributed by atoms with Crippen LogP contribution < -0.4 is 19.9 Å². The van der Waals surface area contributed by atoms with Crippen molar-refractivity contribution in [2.24, 2.45) is 0 Å². The van der Waals surface area contributed by atoms with Crippen molar-refractivity contribution in [1.29, 1.82) is 0 Å². The van der Waals surface area contributed by atoms with Crippen LogP contribution in [0.2, 0.25) is 10.0 Å². The van der Waals surface area contributed by atoms with Gasteiger partial charge in [0.25, 0.3) is 11.8 Å². The van der Waals surface area contributed by atoms with Crippen LogP contribution >= 0.6 is 23.2 Å². The Kier molecular flexibility index (Phi) is 8.84. The molecule has 254 valence electrons. The quantitative estimate of drug-likeness (QED) is 0.134. The van der Waals surface area contributed by atoms with Crippen molar-refractivity contribution in [2.45, 2.75) is 31.3 Å². The Bertz CT molecular complexity index is 2130. The molecule has 4 amide bonds. The first-order valence-corrected chi connectivity index (χ1v) is 17.7. The van der Waals surface area contributed by atoms with Gasteiger partial charge in [0, 0.05) is 46.2 Å². The third kappa shape index (κ3) is 6.39. The van der Waals surface area contributed by atoms with Gasteiger partial charge in [-0.1, -0.05) is 96.0 Å². The molecule has 0 saturated carbocycles. The summed E-state index contributed by atoms with van der Waals surface area (Å²) in [4.78, 5) is 44.9. The first-order valence-electron chi connectivity index (χ1n) is 16.9. The number of carbonyl (C=O) groups excluding carboxylic acids is 3. The molecule has 5 aromatic rings. The summed E-state index contributed by atoms with van der Waals surface area (Å²) in [6.45, 7) is 2.02. The van der Waals surface area contributed by atoms with Crippen molar-refractivity contribution in [3.63, 3.8) is 0 Å². The number of nitrogens with one attached hydrogen (secondary N) is 1. The fourth-order valence-corrected chi connectivity index (χ4v) is 7.96. The highest BCUT2D eigenvalue weighted by molar-refractivity contribution is 6.39. The van der Waals surface area contributed by atoms with E-state index in [1.807, 2.05) is 60.7 Å². The maximum Gasteiger partial charge on any atom is 0.335 e. The Labute approximate surface area is 306 Å². The molecule has 3 aliphatic rings. The number of nitrogens with zero attached hydrogens (tertiary/aromatic N) is 2. The number of imide groups is 2. The number of hydrogen-bond donors (Lipinski definition) is 1. The highest BCUT2D eigenvalue weighted by Crippen LogP contribution is 2.50. The molecule has 8 rings (SSSR count). The lowest BCUT2D eigenvalue weighted by molar-refractivity contribution is -0.122. The predicted molar refractivity (Wildman–Crippen MR) is 201 cm³/mol. The smallest absolute Gasteiger partial charge is 0.335 e. The Balaban J connectivity index is 1.22. The van der Waals surface area contributed by atoms with Crippen LogP contribution in [0.25, 0.3) is 6.08 Å². The van der Waals surface area contributed by atoms with Crippen molar-refractivity contribution in [1.82, 2.24) is 5.32 Å². The number of barbiturate groups is 1. The summed E-state index contributed by atoms with van der Waals surface area (Å²) in [5.41, 5.74) is 7.11. The van der Waals surface area contributed by atoms with Gasteiger partial charge in [-0.25, -0.2) is 9.69 Å². The van der Waals surface area contributed by atoms with Crippen LogP contribution in [0.5, 0.6) is 5.75 Å². The molecule has 0 spiro atoms. The fraction of sp³-hybridized carbons (Fsp3) is 0.167. The first kappa shape index (κ1) is 32.8. The topological polar surface area (TPSA) is 79.0 Å². The molecular weight excluding hydrogens is 681 g/mol. The monoisotopic (exact) mass is 713 g/mol. The summed E-state index contributed by atoms with van der Waals surface area (Å²) in [6.07, 6.45) is 3.22. The predicted octanol–water partition coefficient (Wildman–Crippen LogP) is 9.12. The maximum absolute atomic E-state index is 14.4. The minimum atomic E-state index is -0.797. The van der Waals surface area contributed by atoms with Gasteiger partial charge in [0.1, 0.15) is 17.9 Å².